The van der Waals surface area contributed by atoms with E-state index in [9.17, 15) is 10.5 Å². The van der Waals surface area contributed by atoms with Crippen molar-refractivity contribution in [2.24, 2.45) is 0 Å². The maximum atomic E-state index is 9.55. The number of rotatable bonds is 4. The number of hydrogen-bond acceptors (Lipinski definition) is 4. The Hall–Kier alpha value is -2.66. The fraction of sp³-hybridized carbons (Fsp3) is 0.300. The van der Waals surface area contributed by atoms with E-state index in [0.717, 1.165) is 24.0 Å². The van der Waals surface area contributed by atoms with Crippen LogP contribution in [0.25, 0.3) is 0 Å². The monoisotopic (exact) mass is 316 g/mol. The maximum absolute atomic E-state index is 9.55. The van der Waals surface area contributed by atoms with E-state index in [1.165, 1.54) is 0 Å². The second-order valence-electron chi connectivity index (χ2n) is 6.14. The van der Waals surface area contributed by atoms with Gasteiger partial charge in [-0.1, -0.05) is 60.7 Å². The molecular formula is C20H20N4. The van der Waals surface area contributed by atoms with Gasteiger partial charge in [0.1, 0.15) is 12.1 Å². The second kappa shape index (κ2) is 7.75. The zero-order valence-corrected chi connectivity index (χ0v) is 13.4. The molecule has 24 heavy (non-hydrogen) atoms. The SMILES string of the molecule is N#C[C@@H]1N[C@@H](Cc2ccccc2)[C@@H](C#N)N[C@H]1Cc1ccccc1. The summed E-state index contributed by atoms with van der Waals surface area (Å²) in [5.41, 5.74) is 2.32. The minimum atomic E-state index is -0.316. The van der Waals surface area contributed by atoms with E-state index in [1.54, 1.807) is 0 Å². The number of nitriles is 2. The van der Waals surface area contributed by atoms with Gasteiger partial charge in [-0.05, 0) is 24.0 Å². The highest BCUT2D eigenvalue weighted by molar-refractivity contribution is 5.23. The van der Waals surface area contributed by atoms with Crippen molar-refractivity contribution in [3.05, 3.63) is 71.8 Å². The molecule has 2 aromatic rings. The summed E-state index contributed by atoms with van der Waals surface area (Å²) in [6, 6.07) is 24.0. The minimum absolute atomic E-state index is 0.0749. The predicted octanol–water partition coefficient (Wildman–Crippen LogP) is 2.19. The van der Waals surface area contributed by atoms with Gasteiger partial charge in [0.25, 0.3) is 0 Å². The summed E-state index contributed by atoms with van der Waals surface area (Å²) in [6.07, 6.45) is 1.45. The fourth-order valence-corrected chi connectivity index (χ4v) is 3.23. The molecule has 3 rings (SSSR count). The fourth-order valence-electron chi connectivity index (χ4n) is 3.23. The third-order valence-corrected chi connectivity index (χ3v) is 4.47. The summed E-state index contributed by atoms with van der Waals surface area (Å²) >= 11 is 0. The average Bonchev–Trinajstić information content (AvgIpc) is 2.64. The maximum Gasteiger partial charge on any atom is 0.111 e. The molecule has 0 unspecified atom stereocenters. The van der Waals surface area contributed by atoms with Crippen LogP contribution < -0.4 is 10.6 Å². The van der Waals surface area contributed by atoms with Crippen molar-refractivity contribution in [1.29, 1.82) is 10.5 Å². The zero-order chi connectivity index (χ0) is 16.8. The van der Waals surface area contributed by atoms with Crippen LogP contribution in [0.5, 0.6) is 0 Å². The lowest BCUT2D eigenvalue weighted by Crippen LogP contribution is -2.66. The van der Waals surface area contributed by atoms with Gasteiger partial charge in [0, 0.05) is 12.1 Å². The van der Waals surface area contributed by atoms with Crippen LogP contribution in [0.15, 0.2) is 60.7 Å². The van der Waals surface area contributed by atoms with Crippen molar-refractivity contribution in [2.45, 2.75) is 37.0 Å². The first-order valence-electron chi connectivity index (χ1n) is 8.19. The highest BCUT2D eigenvalue weighted by Gasteiger charge is 2.36. The second-order valence-corrected chi connectivity index (χ2v) is 6.14. The summed E-state index contributed by atoms with van der Waals surface area (Å²) < 4.78 is 0. The van der Waals surface area contributed by atoms with E-state index in [1.807, 2.05) is 60.7 Å². The highest BCUT2D eigenvalue weighted by atomic mass is 15.1. The molecule has 0 spiro atoms. The molecule has 2 aromatic carbocycles. The van der Waals surface area contributed by atoms with Gasteiger partial charge in [-0.2, -0.15) is 10.5 Å². The molecule has 1 heterocycles. The van der Waals surface area contributed by atoms with Gasteiger partial charge >= 0.3 is 0 Å². The summed E-state index contributed by atoms with van der Waals surface area (Å²) in [5.74, 6) is 0. The van der Waals surface area contributed by atoms with Gasteiger partial charge in [0.05, 0.1) is 12.1 Å². The van der Waals surface area contributed by atoms with Crippen molar-refractivity contribution in [2.75, 3.05) is 0 Å². The van der Waals surface area contributed by atoms with Gasteiger partial charge in [-0.25, -0.2) is 0 Å². The van der Waals surface area contributed by atoms with Crippen LogP contribution in [0.2, 0.25) is 0 Å². The molecule has 0 aromatic heterocycles. The first kappa shape index (κ1) is 16.2. The highest BCUT2D eigenvalue weighted by Crippen LogP contribution is 2.16. The molecule has 0 saturated carbocycles. The van der Waals surface area contributed by atoms with E-state index in [-0.39, 0.29) is 24.2 Å². The molecule has 0 aliphatic carbocycles. The molecule has 0 bridgehead atoms. The van der Waals surface area contributed by atoms with Crippen molar-refractivity contribution in [3.8, 4) is 12.1 Å². The quantitative estimate of drug-likeness (QED) is 0.907. The molecule has 1 fully saturated rings. The smallest absolute Gasteiger partial charge is 0.111 e. The number of benzene rings is 2. The number of nitrogens with one attached hydrogen (secondary N) is 2. The first-order chi connectivity index (χ1) is 11.8. The lowest BCUT2D eigenvalue weighted by Gasteiger charge is -2.38. The number of hydrogen-bond donors (Lipinski definition) is 2. The number of nitrogens with zero attached hydrogens (tertiary/aromatic N) is 2. The number of piperazine rings is 1. The van der Waals surface area contributed by atoms with Gasteiger partial charge in [0.2, 0.25) is 0 Å². The lowest BCUT2D eigenvalue weighted by molar-refractivity contribution is 0.265. The van der Waals surface area contributed by atoms with Crippen molar-refractivity contribution >= 4 is 0 Å². The largest absolute Gasteiger partial charge is 0.295 e. The van der Waals surface area contributed by atoms with Gasteiger partial charge < -0.3 is 0 Å². The Morgan fingerprint density at radius 2 is 1.04 bits per heavy atom. The molecule has 4 nitrogen and oxygen atoms in total. The molecule has 1 aliphatic heterocycles. The third-order valence-electron chi connectivity index (χ3n) is 4.47. The first-order valence-corrected chi connectivity index (χ1v) is 8.19. The van der Waals surface area contributed by atoms with Crippen LogP contribution in [0.1, 0.15) is 11.1 Å². The lowest BCUT2D eigenvalue weighted by atomic mass is 9.90. The van der Waals surface area contributed by atoms with Crippen molar-refractivity contribution in [3.63, 3.8) is 0 Å². The van der Waals surface area contributed by atoms with Crippen LogP contribution in [-0.2, 0) is 12.8 Å². The topological polar surface area (TPSA) is 71.6 Å². The third kappa shape index (κ3) is 3.81. The van der Waals surface area contributed by atoms with Gasteiger partial charge in [-0.15, -0.1) is 0 Å². The van der Waals surface area contributed by atoms with E-state index in [0.29, 0.717) is 0 Å². The Balaban J connectivity index is 1.73. The van der Waals surface area contributed by atoms with Crippen LogP contribution in [-0.4, -0.2) is 24.2 Å². The normalized spacial score (nSPS) is 26.2. The Morgan fingerprint density at radius 1 is 0.667 bits per heavy atom. The Morgan fingerprint density at radius 3 is 1.38 bits per heavy atom. The van der Waals surface area contributed by atoms with Crippen LogP contribution >= 0.6 is 0 Å². The molecule has 0 amide bonds. The minimum Gasteiger partial charge on any atom is -0.295 e. The summed E-state index contributed by atoms with van der Waals surface area (Å²) in [6.45, 7) is 0. The summed E-state index contributed by atoms with van der Waals surface area (Å²) in [7, 11) is 0. The van der Waals surface area contributed by atoms with E-state index >= 15 is 0 Å². The van der Waals surface area contributed by atoms with E-state index in [4.69, 9.17) is 0 Å². The standard InChI is InChI=1S/C20H20N4/c21-13-19-17(11-15-7-3-1-4-8-15)23-20(14-22)18(24-19)12-16-9-5-2-6-10-16/h1-10,17-20,23-24H,11-12H2/t17-,18-,19-,20+/m0/s1. The van der Waals surface area contributed by atoms with E-state index < -0.39 is 0 Å². The molecule has 120 valence electrons. The Labute approximate surface area is 142 Å². The zero-order valence-electron chi connectivity index (χ0n) is 13.4. The summed E-state index contributed by atoms with van der Waals surface area (Å²) in [4.78, 5) is 0. The van der Waals surface area contributed by atoms with Crippen LogP contribution in [0, 0.1) is 22.7 Å². The molecule has 1 saturated heterocycles. The Bertz CT molecular complexity index is 664. The van der Waals surface area contributed by atoms with Crippen molar-refractivity contribution < 1.29 is 0 Å². The molecule has 4 atom stereocenters. The molecule has 2 N–H and O–H groups in total. The Kier molecular flexibility index (Phi) is 5.23. The molecule has 4 heteroatoms. The predicted molar refractivity (Wildman–Crippen MR) is 92.9 cm³/mol. The molecule has 0 radical (unpaired) electrons. The molecule has 1 aliphatic rings. The van der Waals surface area contributed by atoms with Crippen LogP contribution in [0.3, 0.4) is 0 Å². The molecular weight excluding hydrogens is 296 g/mol. The van der Waals surface area contributed by atoms with Gasteiger partial charge in [0.15, 0.2) is 0 Å². The van der Waals surface area contributed by atoms with Crippen molar-refractivity contribution in [1.82, 2.24) is 10.6 Å². The average molecular weight is 316 g/mol. The van der Waals surface area contributed by atoms with E-state index in [2.05, 4.69) is 22.8 Å². The summed E-state index contributed by atoms with van der Waals surface area (Å²) in [5, 5.41) is 25.8. The van der Waals surface area contributed by atoms with Crippen LogP contribution in [0.4, 0.5) is 0 Å². The van der Waals surface area contributed by atoms with Gasteiger partial charge in [-0.3, -0.25) is 10.6 Å².